The zero-order chi connectivity index (χ0) is 40.4. The highest BCUT2D eigenvalue weighted by Gasteiger charge is 2.52. The summed E-state index contributed by atoms with van der Waals surface area (Å²) in [6.07, 6.45) is 3.88. The van der Waals surface area contributed by atoms with E-state index in [1.165, 1.54) is 18.1 Å². The number of hydrogen-bond acceptors (Lipinski definition) is 10. The van der Waals surface area contributed by atoms with Crippen molar-refractivity contribution in [1.29, 1.82) is 0 Å². The highest BCUT2D eigenvalue weighted by atomic mass is 19.1. The largest absolute Gasteiger partial charge is 0.494 e. The Bertz CT molecular complexity index is 1880. The molecule has 0 unspecified atom stereocenters. The van der Waals surface area contributed by atoms with E-state index in [4.69, 9.17) is 18.8 Å². The molecule has 3 aromatic rings. The number of piperazine rings is 2. The summed E-state index contributed by atoms with van der Waals surface area (Å²) in [5.41, 5.74) is 2.56. The fraction of sp³-hybridized carbons (Fsp3) is 0.571. The first-order chi connectivity index (χ1) is 26.2. The Hall–Kier alpha value is -4.43. The fourth-order valence-corrected chi connectivity index (χ4v) is 8.12. The minimum Gasteiger partial charge on any atom is -0.444 e. The number of nitrogens with zero attached hydrogens (tertiary/aromatic N) is 6. The maximum absolute atomic E-state index is 13.0. The predicted molar refractivity (Wildman–Crippen MR) is 215 cm³/mol. The van der Waals surface area contributed by atoms with Gasteiger partial charge in [-0.25, -0.2) is 23.9 Å². The number of likely N-dealkylation sites (tertiary alicyclic amines) is 2. The summed E-state index contributed by atoms with van der Waals surface area (Å²) < 4.78 is 36.3. The van der Waals surface area contributed by atoms with E-state index >= 15 is 0 Å². The van der Waals surface area contributed by atoms with Crippen LogP contribution in [0.2, 0.25) is 0 Å². The van der Waals surface area contributed by atoms with Crippen molar-refractivity contribution in [2.45, 2.75) is 129 Å². The van der Waals surface area contributed by atoms with Crippen LogP contribution in [0.5, 0.6) is 0 Å². The van der Waals surface area contributed by atoms with Crippen molar-refractivity contribution < 1.29 is 32.8 Å². The number of carbonyl (C=O) groups excluding carboxylic acids is 2. The maximum Gasteiger partial charge on any atom is 0.494 e. The molecule has 5 aliphatic rings. The molecule has 8 rings (SSSR count). The van der Waals surface area contributed by atoms with Gasteiger partial charge in [0.1, 0.15) is 11.2 Å². The Morgan fingerprint density at radius 3 is 1.46 bits per heavy atom. The third kappa shape index (κ3) is 8.32. The van der Waals surface area contributed by atoms with E-state index in [0.29, 0.717) is 24.5 Å². The molecule has 2 aromatic carbocycles. The quantitative estimate of drug-likeness (QED) is 0.267. The number of carbonyl (C=O) groups is 2. The molecule has 12 nitrogen and oxygen atoms in total. The van der Waals surface area contributed by atoms with Gasteiger partial charge in [-0.15, -0.1) is 0 Å². The number of ether oxygens (including phenoxy) is 2. The van der Waals surface area contributed by atoms with Gasteiger partial charge < -0.3 is 38.4 Å². The first-order valence-corrected chi connectivity index (χ1v) is 19.7. The van der Waals surface area contributed by atoms with Gasteiger partial charge in [-0.1, -0.05) is 12.1 Å². The van der Waals surface area contributed by atoms with E-state index in [2.05, 4.69) is 71.7 Å². The van der Waals surface area contributed by atoms with Crippen LogP contribution in [0.25, 0.3) is 11.4 Å². The number of amides is 2. The maximum atomic E-state index is 13.0. The van der Waals surface area contributed by atoms with Gasteiger partial charge in [0, 0.05) is 55.2 Å². The highest BCUT2D eigenvalue weighted by Crippen LogP contribution is 2.39. The van der Waals surface area contributed by atoms with Gasteiger partial charge in [0.2, 0.25) is 0 Å². The lowest BCUT2D eigenvalue weighted by atomic mass is 9.79. The Balaban J connectivity index is 0.000000172. The van der Waals surface area contributed by atoms with Crippen LogP contribution in [0.15, 0.2) is 60.9 Å². The molecule has 2 amide bonds. The molecule has 56 heavy (non-hydrogen) atoms. The lowest BCUT2D eigenvalue weighted by Crippen LogP contribution is -2.50. The van der Waals surface area contributed by atoms with E-state index in [1.807, 2.05) is 75.6 Å². The molecule has 0 N–H and O–H groups in total. The molecular weight excluding hydrogens is 714 g/mol. The van der Waals surface area contributed by atoms with Crippen molar-refractivity contribution in [1.82, 2.24) is 19.8 Å². The predicted octanol–water partition coefficient (Wildman–Crippen LogP) is 6.66. The fourth-order valence-electron chi connectivity index (χ4n) is 8.12. The lowest BCUT2D eigenvalue weighted by molar-refractivity contribution is 0.00578. The summed E-state index contributed by atoms with van der Waals surface area (Å²) in [4.78, 5) is 41.3. The van der Waals surface area contributed by atoms with Crippen molar-refractivity contribution >= 4 is 36.1 Å². The topological polar surface area (TPSA) is 110 Å². The van der Waals surface area contributed by atoms with Crippen molar-refractivity contribution in [3.8, 4) is 11.4 Å². The smallest absolute Gasteiger partial charge is 0.444 e. The van der Waals surface area contributed by atoms with E-state index in [-0.39, 0.29) is 42.6 Å². The summed E-state index contributed by atoms with van der Waals surface area (Å²) in [5, 5.41) is 0. The molecular formula is C42H56BFN6O6. The zero-order valence-corrected chi connectivity index (χ0v) is 34.4. The van der Waals surface area contributed by atoms with Crippen LogP contribution in [-0.4, -0.2) is 112 Å². The second kappa shape index (κ2) is 14.5. The van der Waals surface area contributed by atoms with Crippen LogP contribution < -0.4 is 15.3 Å². The average Bonchev–Trinajstić information content (AvgIpc) is 3.94. The monoisotopic (exact) mass is 770 g/mol. The Labute approximate surface area is 330 Å². The third-order valence-corrected chi connectivity index (χ3v) is 11.6. The van der Waals surface area contributed by atoms with E-state index in [9.17, 15) is 14.0 Å². The molecule has 1 aromatic heterocycles. The summed E-state index contributed by atoms with van der Waals surface area (Å²) in [6, 6.07) is 17.5. The molecule has 4 atom stereocenters. The summed E-state index contributed by atoms with van der Waals surface area (Å²) in [5.74, 6) is 0.0556. The van der Waals surface area contributed by atoms with Crippen molar-refractivity contribution in [2.75, 3.05) is 36.0 Å². The molecule has 14 heteroatoms. The Morgan fingerprint density at radius 1 is 0.679 bits per heavy atom. The molecule has 0 spiro atoms. The van der Waals surface area contributed by atoms with Gasteiger partial charge in [0.25, 0.3) is 0 Å². The minimum atomic E-state index is -0.475. The van der Waals surface area contributed by atoms with E-state index < -0.39 is 17.0 Å². The SMILES string of the molecule is CC(C)(C)OC(=O)N1C[C@@H]2C[C@H]1CN2c1ccc(-c2ncc(F)cn2)cc1.CC(C)(C)OC(=O)N1C[C@@H]2C[C@H]1CN2c1ccc(B2OC(C)(C)C(C)(C)O2)cc1. The van der Waals surface area contributed by atoms with Gasteiger partial charge in [-0.05, 0) is 124 Å². The summed E-state index contributed by atoms with van der Waals surface area (Å²) in [6.45, 7) is 22.7. The highest BCUT2D eigenvalue weighted by molar-refractivity contribution is 6.62. The van der Waals surface area contributed by atoms with Crippen LogP contribution in [0.4, 0.5) is 25.4 Å². The third-order valence-electron chi connectivity index (χ3n) is 11.6. The molecule has 0 radical (unpaired) electrons. The van der Waals surface area contributed by atoms with Gasteiger partial charge >= 0.3 is 19.3 Å². The van der Waals surface area contributed by atoms with E-state index in [1.54, 1.807) is 0 Å². The second-order valence-corrected chi connectivity index (χ2v) is 18.6. The van der Waals surface area contributed by atoms with Crippen LogP contribution in [0.1, 0.15) is 82.1 Å². The normalized spacial score (nSPS) is 24.7. The number of anilines is 2. The molecule has 5 aliphatic heterocycles. The minimum absolute atomic E-state index is 0.185. The summed E-state index contributed by atoms with van der Waals surface area (Å²) in [7, 11) is -0.341. The van der Waals surface area contributed by atoms with Crippen molar-refractivity contribution in [3.05, 3.63) is 66.7 Å². The van der Waals surface area contributed by atoms with Gasteiger partial charge in [0.15, 0.2) is 11.6 Å². The lowest BCUT2D eigenvalue weighted by Gasteiger charge is -2.36. The van der Waals surface area contributed by atoms with Gasteiger partial charge in [0.05, 0.1) is 35.7 Å². The number of benzene rings is 2. The van der Waals surface area contributed by atoms with Crippen LogP contribution in [0, 0.1) is 5.82 Å². The van der Waals surface area contributed by atoms with Crippen LogP contribution >= 0.6 is 0 Å². The van der Waals surface area contributed by atoms with Crippen LogP contribution in [0.3, 0.4) is 0 Å². The number of aromatic nitrogens is 2. The summed E-state index contributed by atoms with van der Waals surface area (Å²) >= 11 is 0. The first kappa shape index (κ1) is 39.8. The van der Waals surface area contributed by atoms with Gasteiger partial charge in [-0.3, -0.25) is 0 Å². The second-order valence-electron chi connectivity index (χ2n) is 18.6. The molecule has 6 heterocycles. The molecule has 0 aliphatic carbocycles. The Morgan fingerprint density at radius 2 is 1.09 bits per heavy atom. The molecule has 5 saturated heterocycles. The Kier molecular flexibility index (Phi) is 10.3. The van der Waals surface area contributed by atoms with Crippen molar-refractivity contribution in [2.24, 2.45) is 0 Å². The number of fused-ring (bicyclic) bond motifs is 4. The zero-order valence-electron chi connectivity index (χ0n) is 34.4. The van der Waals surface area contributed by atoms with Crippen molar-refractivity contribution in [3.63, 3.8) is 0 Å². The average molecular weight is 771 g/mol. The number of hydrogen-bond donors (Lipinski definition) is 0. The van der Waals surface area contributed by atoms with Gasteiger partial charge in [-0.2, -0.15) is 0 Å². The van der Waals surface area contributed by atoms with Crippen LogP contribution in [-0.2, 0) is 18.8 Å². The number of halogens is 1. The molecule has 0 saturated carbocycles. The molecule has 5 fully saturated rings. The number of rotatable bonds is 4. The standard InChI is InChI=1S/C22H33BN2O4.C20H23FN4O2/c1-20(2,3)27-19(26)25-14-17-12-18(25)13-24(17)16-10-8-15(9-11-16)23-28-21(4,5)22(6,7)29-23;1-20(2,3)27-19(26)25-12-16-8-17(25)11-24(16)15-6-4-13(5-7-15)18-22-9-14(21)10-23-18/h8-11,17-18H,12-14H2,1-7H3;4-7,9-10,16-17H,8,11-12H2,1-3H3/t17-,18-;16-,17-/m00/s1. The van der Waals surface area contributed by atoms with E-state index in [0.717, 1.165) is 49.2 Å². The molecule has 300 valence electrons. The molecule has 4 bridgehead atoms. The first-order valence-electron chi connectivity index (χ1n) is 19.7.